The molecular weight excluding hydrogens is 332 g/mol. The van der Waals surface area contributed by atoms with Gasteiger partial charge in [-0.2, -0.15) is 0 Å². The van der Waals surface area contributed by atoms with Crippen molar-refractivity contribution in [3.8, 4) is 0 Å². The third-order valence-electron chi connectivity index (χ3n) is 6.06. The molecule has 3 aliphatic rings. The first-order valence-electron chi connectivity index (χ1n) is 9.84. The van der Waals surface area contributed by atoms with E-state index in [0.29, 0.717) is 18.2 Å². The molecule has 1 aromatic heterocycles. The predicted octanol–water partition coefficient (Wildman–Crippen LogP) is 1.79. The first kappa shape index (κ1) is 17.5. The number of amides is 2. The minimum Gasteiger partial charge on any atom is -0.360 e. The molecule has 7 heteroatoms. The highest BCUT2D eigenvalue weighted by molar-refractivity contribution is 5.92. The summed E-state index contributed by atoms with van der Waals surface area (Å²) in [6.07, 6.45) is 6.42. The lowest BCUT2D eigenvalue weighted by Gasteiger charge is -2.39. The molecule has 3 N–H and O–H groups in total. The Morgan fingerprint density at radius 1 is 1.23 bits per heavy atom. The Labute approximate surface area is 153 Å². The Bertz CT molecular complexity index is 684. The summed E-state index contributed by atoms with van der Waals surface area (Å²) in [6, 6.07) is 2.11. The van der Waals surface area contributed by atoms with Crippen molar-refractivity contribution in [3.05, 3.63) is 17.5 Å². The largest absolute Gasteiger partial charge is 0.360 e. The minimum atomic E-state index is -0.181. The first-order chi connectivity index (χ1) is 12.5. The first-order valence-corrected chi connectivity index (χ1v) is 9.84. The molecule has 1 aromatic rings. The fourth-order valence-corrected chi connectivity index (χ4v) is 4.32. The number of nitrogens with one attached hydrogen (secondary N) is 1. The summed E-state index contributed by atoms with van der Waals surface area (Å²) in [5.74, 6) is 1.40. The van der Waals surface area contributed by atoms with Gasteiger partial charge in [0.1, 0.15) is 5.76 Å². The van der Waals surface area contributed by atoms with Gasteiger partial charge in [-0.15, -0.1) is 0 Å². The van der Waals surface area contributed by atoms with E-state index in [0.717, 1.165) is 50.7 Å². The zero-order valence-electron chi connectivity index (χ0n) is 15.3. The molecule has 1 aliphatic heterocycles. The van der Waals surface area contributed by atoms with Gasteiger partial charge in [-0.05, 0) is 51.9 Å². The molecule has 0 aromatic carbocycles. The SMILES string of the molecule is C[C@H]1CC(NC(=O)c2cc(C3CC3)on2)CCN1C(=O)[C@@H]1CC[C@H](N)C1. The summed E-state index contributed by atoms with van der Waals surface area (Å²) >= 11 is 0. The van der Waals surface area contributed by atoms with Gasteiger partial charge in [0.2, 0.25) is 5.91 Å². The third kappa shape index (κ3) is 3.63. The minimum absolute atomic E-state index is 0.0634. The van der Waals surface area contributed by atoms with Crippen LogP contribution in [0.1, 0.15) is 74.0 Å². The molecule has 1 saturated heterocycles. The number of rotatable bonds is 4. The molecule has 0 bridgehead atoms. The van der Waals surface area contributed by atoms with Crippen LogP contribution in [0, 0.1) is 5.92 Å². The average molecular weight is 360 g/mol. The van der Waals surface area contributed by atoms with Crippen molar-refractivity contribution < 1.29 is 14.1 Å². The van der Waals surface area contributed by atoms with Crippen LogP contribution in [-0.4, -0.2) is 46.5 Å². The molecule has 4 atom stereocenters. The zero-order chi connectivity index (χ0) is 18.3. The van der Waals surface area contributed by atoms with Crippen LogP contribution >= 0.6 is 0 Å². The van der Waals surface area contributed by atoms with Crippen molar-refractivity contribution in [1.82, 2.24) is 15.4 Å². The topological polar surface area (TPSA) is 101 Å². The normalized spacial score (nSPS) is 31.8. The van der Waals surface area contributed by atoms with Crippen LogP contribution in [0.2, 0.25) is 0 Å². The molecular formula is C19H28N4O3. The van der Waals surface area contributed by atoms with Crippen LogP contribution < -0.4 is 11.1 Å². The Kier molecular flexibility index (Phi) is 4.73. The molecule has 2 heterocycles. The molecule has 0 radical (unpaired) electrons. The molecule has 142 valence electrons. The predicted molar refractivity (Wildman–Crippen MR) is 95.5 cm³/mol. The van der Waals surface area contributed by atoms with Gasteiger partial charge in [-0.1, -0.05) is 5.16 Å². The van der Waals surface area contributed by atoms with Crippen LogP contribution in [0.3, 0.4) is 0 Å². The second-order valence-electron chi connectivity index (χ2n) is 8.23. The van der Waals surface area contributed by atoms with Crippen molar-refractivity contribution in [2.24, 2.45) is 11.7 Å². The quantitative estimate of drug-likeness (QED) is 0.852. The highest BCUT2D eigenvalue weighted by Crippen LogP contribution is 2.40. The van der Waals surface area contributed by atoms with Crippen LogP contribution in [0.15, 0.2) is 10.6 Å². The van der Waals surface area contributed by atoms with Gasteiger partial charge >= 0.3 is 0 Å². The molecule has 1 unspecified atom stereocenters. The number of piperidine rings is 1. The summed E-state index contributed by atoms with van der Waals surface area (Å²) in [5, 5.41) is 6.96. The number of nitrogens with zero attached hydrogens (tertiary/aromatic N) is 2. The van der Waals surface area contributed by atoms with E-state index < -0.39 is 0 Å². The van der Waals surface area contributed by atoms with Crippen LogP contribution in [0.4, 0.5) is 0 Å². The number of hydrogen-bond donors (Lipinski definition) is 2. The standard InChI is InChI=1S/C19H28N4O3/c1-11-8-15(6-7-23(11)19(25)13-4-5-14(20)9-13)21-18(24)16-10-17(26-22-16)12-2-3-12/h10-15H,2-9,20H2,1H3,(H,21,24)/t11-,13+,14-,15?/m0/s1. The second-order valence-corrected chi connectivity index (χ2v) is 8.23. The van der Waals surface area contributed by atoms with Crippen LogP contribution in [0.25, 0.3) is 0 Å². The Morgan fingerprint density at radius 2 is 2.04 bits per heavy atom. The number of carbonyl (C=O) groups excluding carboxylic acids is 2. The molecule has 2 aliphatic carbocycles. The third-order valence-corrected chi connectivity index (χ3v) is 6.06. The van der Waals surface area contributed by atoms with E-state index in [1.807, 2.05) is 4.90 Å². The summed E-state index contributed by atoms with van der Waals surface area (Å²) in [7, 11) is 0. The van der Waals surface area contributed by atoms with Gasteiger partial charge in [0.15, 0.2) is 5.69 Å². The number of likely N-dealkylation sites (tertiary alicyclic amines) is 1. The summed E-state index contributed by atoms with van der Waals surface area (Å²) in [6.45, 7) is 2.75. The van der Waals surface area contributed by atoms with Crippen LogP contribution in [0.5, 0.6) is 0 Å². The van der Waals surface area contributed by atoms with Crippen molar-refractivity contribution in [2.45, 2.75) is 75.9 Å². The number of nitrogens with two attached hydrogens (primary N) is 1. The second kappa shape index (κ2) is 7.02. The van der Waals surface area contributed by atoms with Crippen molar-refractivity contribution in [3.63, 3.8) is 0 Å². The van der Waals surface area contributed by atoms with Crippen molar-refractivity contribution in [1.29, 1.82) is 0 Å². The van der Waals surface area contributed by atoms with Gasteiger partial charge in [0, 0.05) is 42.6 Å². The summed E-state index contributed by atoms with van der Waals surface area (Å²) < 4.78 is 5.26. The number of hydrogen-bond acceptors (Lipinski definition) is 5. The maximum Gasteiger partial charge on any atom is 0.273 e. The van der Waals surface area contributed by atoms with E-state index in [-0.39, 0.29) is 35.9 Å². The Hall–Kier alpha value is -1.89. The lowest BCUT2D eigenvalue weighted by molar-refractivity contribution is -0.139. The Balaban J connectivity index is 1.30. The van der Waals surface area contributed by atoms with Gasteiger partial charge in [0.25, 0.3) is 5.91 Å². The average Bonchev–Trinajstić information content (AvgIpc) is 3.17. The monoisotopic (exact) mass is 360 g/mol. The number of carbonyl (C=O) groups is 2. The molecule has 0 spiro atoms. The lowest BCUT2D eigenvalue weighted by atomic mass is 9.95. The van der Waals surface area contributed by atoms with E-state index in [2.05, 4.69) is 17.4 Å². The van der Waals surface area contributed by atoms with E-state index in [1.54, 1.807) is 6.07 Å². The highest BCUT2D eigenvalue weighted by Gasteiger charge is 2.36. The van der Waals surface area contributed by atoms with Gasteiger partial charge in [-0.25, -0.2) is 0 Å². The molecule has 4 rings (SSSR count). The van der Waals surface area contributed by atoms with Gasteiger partial charge in [0.05, 0.1) is 0 Å². The highest BCUT2D eigenvalue weighted by atomic mass is 16.5. The van der Waals surface area contributed by atoms with E-state index in [4.69, 9.17) is 10.3 Å². The molecule has 3 fully saturated rings. The smallest absolute Gasteiger partial charge is 0.273 e. The zero-order valence-corrected chi connectivity index (χ0v) is 15.3. The van der Waals surface area contributed by atoms with Gasteiger partial charge < -0.3 is 20.5 Å². The maximum atomic E-state index is 12.7. The molecule has 7 nitrogen and oxygen atoms in total. The lowest BCUT2D eigenvalue weighted by Crippen LogP contribution is -2.52. The molecule has 2 saturated carbocycles. The Morgan fingerprint density at radius 3 is 2.69 bits per heavy atom. The van der Waals surface area contributed by atoms with Crippen LogP contribution in [-0.2, 0) is 4.79 Å². The summed E-state index contributed by atoms with van der Waals surface area (Å²) in [5.41, 5.74) is 6.31. The van der Waals surface area contributed by atoms with E-state index in [9.17, 15) is 9.59 Å². The fraction of sp³-hybridized carbons (Fsp3) is 0.737. The summed E-state index contributed by atoms with van der Waals surface area (Å²) in [4.78, 5) is 27.1. The number of aromatic nitrogens is 1. The molecule has 2 amide bonds. The maximum absolute atomic E-state index is 12.7. The van der Waals surface area contributed by atoms with Gasteiger partial charge in [-0.3, -0.25) is 9.59 Å². The van der Waals surface area contributed by atoms with Crippen molar-refractivity contribution >= 4 is 11.8 Å². The fourth-order valence-electron chi connectivity index (χ4n) is 4.32. The van der Waals surface area contributed by atoms with E-state index >= 15 is 0 Å². The van der Waals surface area contributed by atoms with E-state index in [1.165, 1.54) is 0 Å². The van der Waals surface area contributed by atoms with Crippen molar-refractivity contribution in [2.75, 3.05) is 6.54 Å². The molecule has 26 heavy (non-hydrogen) atoms.